The molecular weight excluding hydrogens is 436 g/mol. The highest BCUT2D eigenvalue weighted by atomic mass is 16.5. The third-order valence-corrected chi connectivity index (χ3v) is 6.57. The Balaban J connectivity index is 1.84. The van der Waals surface area contributed by atoms with Crippen molar-refractivity contribution in [1.29, 1.82) is 0 Å². The van der Waals surface area contributed by atoms with E-state index in [2.05, 4.69) is 32.9 Å². The Bertz CT molecular complexity index is 1040. The first kappa shape index (κ1) is 26.4. The molecule has 2 aromatic rings. The van der Waals surface area contributed by atoms with Crippen molar-refractivity contribution < 1.29 is 14.3 Å². The first-order chi connectivity index (χ1) is 16.8. The summed E-state index contributed by atoms with van der Waals surface area (Å²) in [5, 5.41) is 0. The van der Waals surface area contributed by atoms with Crippen molar-refractivity contribution >= 4 is 11.9 Å². The number of carbonyl (C=O) groups excluding carboxylic acids is 2. The lowest BCUT2D eigenvalue weighted by Gasteiger charge is -2.27. The maximum absolute atomic E-state index is 13.9. The van der Waals surface area contributed by atoms with E-state index in [0.717, 1.165) is 24.0 Å². The van der Waals surface area contributed by atoms with Crippen molar-refractivity contribution in [2.24, 2.45) is 0 Å². The largest absolute Gasteiger partial charge is 0.363 e. The van der Waals surface area contributed by atoms with Gasteiger partial charge in [-0.1, -0.05) is 84.0 Å². The van der Waals surface area contributed by atoms with Gasteiger partial charge in [0.25, 0.3) is 5.91 Å². The zero-order valence-electron chi connectivity index (χ0n) is 21.6. The molecule has 1 aliphatic heterocycles. The summed E-state index contributed by atoms with van der Waals surface area (Å²) < 4.78 is 6.18. The van der Waals surface area contributed by atoms with Crippen LogP contribution in [0.15, 0.2) is 84.0 Å². The summed E-state index contributed by atoms with van der Waals surface area (Å²) >= 11 is 0. The first-order valence-electron chi connectivity index (χ1n) is 12.4. The minimum atomic E-state index is -0.748. The second-order valence-electron chi connectivity index (χ2n) is 9.59. The number of allylic oxidation sites excluding steroid dienone is 3. The van der Waals surface area contributed by atoms with Crippen molar-refractivity contribution in [2.45, 2.75) is 71.8 Å². The van der Waals surface area contributed by atoms with Crippen molar-refractivity contribution in [1.82, 2.24) is 9.80 Å². The van der Waals surface area contributed by atoms with E-state index in [-0.39, 0.29) is 24.0 Å². The molecule has 3 atom stereocenters. The van der Waals surface area contributed by atoms with Crippen molar-refractivity contribution in [3.05, 3.63) is 95.1 Å². The molecule has 2 aromatic carbocycles. The fourth-order valence-corrected chi connectivity index (χ4v) is 4.36. The molecule has 35 heavy (non-hydrogen) atoms. The van der Waals surface area contributed by atoms with Crippen LogP contribution in [0.25, 0.3) is 0 Å². The Kier molecular flexibility index (Phi) is 9.44. The second-order valence-corrected chi connectivity index (χ2v) is 9.59. The van der Waals surface area contributed by atoms with Crippen LogP contribution < -0.4 is 0 Å². The van der Waals surface area contributed by atoms with Crippen LogP contribution in [0.4, 0.5) is 4.79 Å². The SMILES string of the molecule is CC(C)=CCC/C(C)=C\C[C@@H](OCc1ccccc1)C(=O)N1C(=O)N(C)[C@H](C)[C@@H]1c1ccccc1. The van der Waals surface area contributed by atoms with Gasteiger partial charge in [-0.15, -0.1) is 0 Å². The summed E-state index contributed by atoms with van der Waals surface area (Å²) in [5.41, 5.74) is 4.45. The molecule has 1 saturated heterocycles. The number of imide groups is 1. The highest BCUT2D eigenvalue weighted by molar-refractivity contribution is 5.99. The van der Waals surface area contributed by atoms with Gasteiger partial charge in [-0.25, -0.2) is 4.79 Å². The van der Waals surface area contributed by atoms with Gasteiger partial charge in [0.1, 0.15) is 6.10 Å². The second kappa shape index (κ2) is 12.5. The van der Waals surface area contributed by atoms with Gasteiger partial charge in [-0.3, -0.25) is 9.69 Å². The maximum Gasteiger partial charge on any atom is 0.327 e. The number of ether oxygens (including phenoxy) is 1. The van der Waals surface area contributed by atoms with E-state index in [4.69, 9.17) is 4.74 Å². The van der Waals surface area contributed by atoms with Crippen LogP contribution in [-0.4, -0.2) is 40.9 Å². The number of benzene rings is 2. The quantitative estimate of drug-likeness (QED) is 0.361. The molecule has 1 heterocycles. The Morgan fingerprint density at radius 2 is 1.63 bits per heavy atom. The predicted octanol–water partition coefficient (Wildman–Crippen LogP) is 6.68. The van der Waals surface area contributed by atoms with Crippen LogP contribution in [0.3, 0.4) is 0 Å². The monoisotopic (exact) mass is 474 g/mol. The lowest BCUT2D eigenvalue weighted by molar-refractivity contribution is -0.142. The molecule has 1 aliphatic rings. The van der Waals surface area contributed by atoms with E-state index in [1.54, 1.807) is 11.9 Å². The normalized spacial score (nSPS) is 19.1. The molecular formula is C30H38N2O3. The van der Waals surface area contributed by atoms with E-state index in [1.165, 1.54) is 16.0 Å². The van der Waals surface area contributed by atoms with E-state index in [9.17, 15) is 9.59 Å². The van der Waals surface area contributed by atoms with Crippen LogP contribution in [0.1, 0.15) is 64.1 Å². The molecule has 186 valence electrons. The summed E-state index contributed by atoms with van der Waals surface area (Å²) in [5.74, 6) is -0.288. The summed E-state index contributed by atoms with van der Waals surface area (Å²) in [6.07, 6.45) is 5.88. The Morgan fingerprint density at radius 1 is 1.00 bits per heavy atom. The number of nitrogens with zero attached hydrogens (tertiary/aromatic N) is 2. The molecule has 0 aromatic heterocycles. The van der Waals surface area contributed by atoms with Gasteiger partial charge >= 0.3 is 6.03 Å². The fourth-order valence-electron chi connectivity index (χ4n) is 4.36. The lowest BCUT2D eigenvalue weighted by Crippen LogP contribution is -2.43. The zero-order valence-corrected chi connectivity index (χ0v) is 21.6. The Morgan fingerprint density at radius 3 is 2.26 bits per heavy atom. The molecule has 5 heteroatoms. The fraction of sp³-hybridized carbons (Fsp3) is 0.400. The van der Waals surface area contributed by atoms with Gasteiger partial charge in [0.05, 0.1) is 18.7 Å². The number of hydrogen-bond acceptors (Lipinski definition) is 3. The van der Waals surface area contributed by atoms with Crippen molar-refractivity contribution in [3.63, 3.8) is 0 Å². The van der Waals surface area contributed by atoms with Gasteiger partial charge in [-0.2, -0.15) is 0 Å². The molecule has 0 saturated carbocycles. The number of carbonyl (C=O) groups is 2. The van der Waals surface area contributed by atoms with Gasteiger partial charge < -0.3 is 9.64 Å². The molecule has 3 amide bonds. The number of hydrogen-bond donors (Lipinski definition) is 0. The standard InChI is InChI=1S/C30H38N2O3/c1-22(2)13-12-14-23(3)19-20-27(35-21-25-15-8-6-9-16-25)29(33)32-28(24(4)31(5)30(32)34)26-17-10-7-11-18-26/h6-11,13,15-19,24,27-28H,12,14,20-21H2,1-5H3/b23-19-/t24-,27-,28-/m1/s1. The smallest absolute Gasteiger partial charge is 0.327 e. The van der Waals surface area contributed by atoms with Gasteiger partial charge in [0, 0.05) is 13.5 Å². The molecule has 0 unspecified atom stereocenters. The number of amides is 3. The van der Waals surface area contributed by atoms with Crippen LogP contribution in [0.2, 0.25) is 0 Å². The highest BCUT2D eigenvalue weighted by Crippen LogP contribution is 2.35. The van der Waals surface area contributed by atoms with Crippen LogP contribution in [-0.2, 0) is 16.1 Å². The zero-order chi connectivity index (χ0) is 25.4. The molecule has 3 rings (SSSR count). The summed E-state index contributed by atoms with van der Waals surface area (Å²) in [6, 6.07) is 18.8. The molecule has 0 radical (unpaired) electrons. The third-order valence-electron chi connectivity index (χ3n) is 6.57. The van der Waals surface area contributed by atoms with E-state index in [0.29, 0.717) is 13.0 Å². The minimum absolute atomic E-state index is 0.134. The molecule has 1 fully saturated rings. The number of urea groups is 1. The van der Waals surface area contributed by atoms with Crippen LogP contribution >= 0.6 is 0 Å². The molecule has 5 nitrogen and oxygen atoms in total. The number of rotatable bonds is 10. The minimum Gasteiger partial charge on any atom is -0.363 e. The summed E-state index contributed by atoms with van der Waals surface area (Å²) in [7, 11) is 1.75. The predicted molar refractivity (Wildman–Crippen MR) is 141 cm³/mol. The van der Waals surface area contributed by atoms with Crippen LogP contribution in [0.5, 0.6) is 0 Å². The van der Waals surface area contributed by atoms with E-state index < -0.39 is 6.10 Å². The highest BCUT2D eigenvalue weighted by Gasteiger charge is 2.47. The number of likely N-dealkylation sites (N-methyl/N-ethyl adjacent to an activating group) is 1. The Labute approximate surface area is 210 Å². The van der Waals surface area contributed by atoms with Gasteiger partial charge in [0.15, 0.2) is 0 Å². The average Bonchev–Trinajstić information content (AvgIpc) is 3.08. The summed E-state index contributed by atoms with van der Waals surface area (Å²) in [6.45, 7) is 8.57. The van der Waals surface area contributed by atoms with Crippen LogP contribution in [0, 0.1) is 0 Å². The van der Waals surface area contributed by atoms with Crippen molar-refractivity contribution in [2.75, 3.05) is 7.05 Å². The van der Waals surface area contributed by atoms with Crippen molar-refractivity contribution in [3.8, 4) is 0 Å². The average molecular weight is 475 g/mol. The topological polar surface area (TPSA) is 49.9 Å². The van der Waals surface area contributed by atoms with Gasteiger partial charge in [0.2, 0.25) is 0 Å². The lowest BCUT2D eigenvalue weighted by atomic mass is 9.99. The molecule has 0 aliphatic carbocycles. The third kappa shape index (κ3) is 6.92. The summed E-state index contributed by atoms with van der Waals surface area (Å²) in [4.78, 5) is 30.1. The molecule has 0 bridgehead atoms. The van der Waals surface area contributed by atoms with E-state index in [1.807, 2.05) is 67.6 Å². The first-order valence-corrected chi connectivity index (χ1v) is 12.4. The maximum atomic E-state index is 13.9. The van der Waals surface area contributed by atoms with Gasteiger partial charge in [-0.05, 0) is 51.7 Å². The molecule has 0 spiro atoms. The van der Waals surface area contributed by atoms with E-state index >= 15 is 0 Å². The molecule has 0 N–H and O–H groups in total. The Hall–Kier alpha value is -3.18.